The van der Waals surface area contributed by atoms with Crippen LogP contribution in [0.25, 0.3) is 0 Å². The fourth-order valence-electron chi connectivity index (χ4n) is 3.02. The molecule has 0 spiro atoms. The van der Waals surface area contributed by atoms with Gasteiger partial charge in [-0.05, 0) is 43.5 Å². The van der Waals surface area contributed by atoms with Crippen LogP contribution in [0, 0.1) is 12.8 Å². The minimum Gasteiger partial charge on any atom is -0.326 e. The first kappa shape index (κ1) is 17.0. The maximum Gasteiger partial charge on any atom is 0.321 e. The van der Waals surface area contributed by atoms with Crippen molar-refractivity contribution in [1.82, 2.24) is 4.90 Å². The van der Waals surface area contributed by atoms with Crippen molar-refractivity contribution in [2.24, 2.45) is 5.92 Å². The van der Waals surface area contributed by atoms with Crippen molar-refractivity contribution in [2.45, 2.75) is 19.8 Å². The summed E-state index contributed by atoms with van der Waals surface area (Å²) in [7, 11) is 0. The van der Waals surface area contributed by atoms with Crippen LogP contribution in [0.4, 0.5) is 16.2 Å². The molecular weight excluding hydrogens is 314 g/mol. The van der Waals surface area contributed by atoms with Crippen LogP contribution in [-0.2, 0) is 4.79 Å². The van der Waals surface area contributed by atoms with Gasteiger partial charge in [-0.15, -0.1) is 0 Å². The highest BCUT2D eigenvalue weighted by molar-refractivity contribution is 5.94. The predicted molar refractivity (Wildman–Crippen MR) is 99.6 cm³/mol. The summed E-state index contributed by atoms with van der Waals surface area (Å²) in [4.78, 5) is 26.5. The lowest BCUT2D eigenvalue weighted by Crippen LogP contribution is -2.43. The molecular formula is C20H23N3O2. The fourth-order valence-corrected chi connectivity index (χ4v) is 3.02. The van der Waals surface area contributed by atoms with Gasteiger partial charge in [0.1, 0.15) is 0 Å². The van der Waals surface area contributed by atoms with Crippen LogP contribution >= 0.6 is 0 Å². The van der Waals surface area contributed by atoms with Crippen LogP contribution in [0.3, 0.4) is 0 Å². The largest absolute Gasteiger partial charge is 0.326 e. The average molecular weight is 337 g/mol. The molecule has 5 nitrogen and oxygen atoms in total. The summed E-state index contributed by atoms with van der Waals surface area (Å²) in [6.07, 6.45) is 1.36. The van der Waals surface area contributed by atoms with Crippen molar-refractivity contribution < 1.29 is 9.59 Å². The molecule has 0 aromatic heterocycles. The third kappa shape index (κ3) is 4.38. The second-order valence-electron chi connectivity index (χ2n) is 6.36. The number of urea groups is 1. The smallest absolute Gasteiger partial charge is 0.321 e. The Morgan fingerprint density at radius 3 is 2.24 bits per heavy atom. The molecule has 0 bridgehead atoms. The minimum absolute atomic E-state index is 0.0393. The highest BCUT2D eigenvalue weighted by Crippen LogP contribution is 2.21. The van der Waals surface area contributed by atoms with Crippen molar-refractivity contribution in [3.05, 3.63) is 60.2 Å². The van der Waals surface area contributed by atoms with Gasteiger partial charge in [-0.3, -0.25) is 4.79 Å². The molecule has 1 fully saturated rings. The van der Waals surface area contributed by atoms with Crippen molar-refractivity contribution in [1.29, 1.82) is 0 Å². The standard InChI is InChI=1S/C20H23N3O2/c1-15-7-5-6-10-18(15)22-19(24)16-11-13-23(14-12-16)20(25)21-17-8-3-2-4-9-17/h2-10,16H,11-14H2,1H3,(H,21,25)(H,22,24). The SMILES string of the molecule is Cc1ccccc1NC(=O)C1CCN(C(=O)Nc2ccccc2)CC1. The zero-order valence-corrected chi connectivity index (χ0v) is 14.4. The van der Waals surface area contributed by atoms with Crippen LogP contribution in [0.2, 0.25) is 0 Å². The quantitative estimate of drug-likeness (QED) is 0.893. The van der Waals surface area contributed by atoms with E-state index in [1.165, 1.54) is 0 Å². The zero-order valence-electron chi connectivity index (χ0n) is 14.4. The third-order valence-electron chi connectivity index (χ3n) is 4.58. The van der Waals surface area contributed by atoms with E-state index in [1.54, 1.807) is 4.90 Å². The Morgan fingerprint density at radius 1 is 0.920 bits per heavy atom. The molecule has 3 amide bonds. The molecule has 2 aromatic carbocycles. The molecule has 25 heavy (non-hydrogen) atoms. The number of nitrogens with one attached hydrogen (secondary N) is 2. The summed E-state index contributed by atoms with van der Waals surface area (Å²) in [6.45, 7) is 3.15. The molecule has 0 unspecified atom stereocenters. The number of likely N-dealkylation sites (tertiary alicyclic amines) is 1. The van der Waals surface area contributed by atoms with E-state index in [4.69, 9.17) is 0 Å². The predicted octanol–water partition coefficient (Wildman–Crippen LogP) is 3.88. The van der Waals surface area contributed by atoms with Gasteiger partial charge in [0.05, 0.1) is 0 Å². The number of nitrogens with zero attached hydrogens (tertiary/aromatic N) is 1. The van der Waals surface area contributed by atoms with E-state index in [2.05, 4.69) is 10.6 Å². The Bertz CT molecular complexity index is 738. The highest BCUT2D eigenvalue weighted by atomic mass is 16.2. The first-order valence-electron chi connectivity index (χ1n) is 8.61. The van der Waals surface area contributed by atoms with Gasteiger partial charge in [0.25, 0.3) is 0 Å². The lowest BCUT2D eigenvalue weighted by molar-refractivity contribution is -0.121. The molecule has 130 valence electrons. The van der Waals surface area contributed by atoms with E-state index < -0.39 is 0 Å². The van der Waals surface area contributed by atoms with Gasteiger partial charge in [-0.2, -0.15) is 0 Å². The molecule has 0 atom stereocenters. The van der Waals surface area contributed by atoms with Crippen molar-refractivity contribution >= 4 is 23.3 Å². The average Bonchev–Trinajstić information content (AvgIpc) is 2.64. The van der Waals surface area contributed by atoms with E-state index in [0.717, 1.165) is 16.9 Å². The number of hydrogen-bond donors (Lipinski definition) is 2. The van der Waals surface area contributed by atoms with E-state index in [-0.39, 0.29) is 17.9 Å². The number of carbonyl (C=O) groups excluding carboxylic acids is 2. The number of anilines is 2. The van der Waals surface area contributed by atoms with Gasteiger partial charge in [0, 0.05) is 30.4 Å². The highest BCUT2D eigenvalue weighted by Gasteiger charge is 2.27. The maximum atomic E-state index is 12.5. The zero-order chi connectivity index (χ0) is 17.6. The monoisotopic (exact) mass is 337 g/mol. The van der Waals surface area contributed by atoms with Crippen LogP contribution in [0.5, 0.6) is 0 Å². The number of amides is 3. The van der Waals surface area contributed by atoms with Crippen LogP contribution in [0.1, 0.15) is 18.4 Å². The minimum atomic E-state index is -0.107. The molecule has 5 heteroatoms. The summed E-state index contributed by atoms with van der Waals surface area (Å²) in [5, 5.41) is 5.90. The van der Waals surface area contributed by atoms with Crippen LogP contribution < -0.4 is 10.6 Å². The number of carbonyl (C=O) groups is 2. The second kappa shape index (κ2) is 7.83. The lowest BCUT2D eigenvalue weighted by Gasteiger charge is -2.31. The van der Waals surface area contributed by atoms with Gasteiger partial charge < -0.3 is 15.5 Å². The number of piperidine rings is 1. The number of benzene rings is 2. The van der Waals surface area contributed by atoms with Crippen molar-refractivity contribution in [2.75, 3.05) is 23.7 Å². The van der Waals surface area contributed by atoms with Gasteiger partial charge in [-0.25, -0.2) is 4.79 Å². The molecule has 2 N–H and O–H groups in total. The van der Waals surface area contributed by atoms with Gasteiger partial charge >= 0.3 is 6.03 Å². The summed E-state index contributed by atoms with van der Waals surface area (Å²) in [5.74, 6) is -0.0159. The Kier molecular flexibility index (Phi) is 5.33. The van der Waals surface area contributed by atoms with Gasteiger partial charge in [0.2, 0.25) is 5.91 Å². The summed E-state index contributed by atoms with van der Waals surface area (Å²) in [6, 6.07) is 17.1. The second-order valence-corrected chi connectivity index (χ2v) is 6.36. The molecule has 0 saturated carbocycles. The molecule has 1 heterocycles. The Balaban J connectivity index is 1.50. The maximum absolute atomic E-state index is 12.5. The van der Waals surface area contributed by atoms with Gasteiger partial charge in [0.15, 0.2) is 0 Å². The van der Waals surface area contributed by atoms with Gasteiger partial charge in [-0.1, -0.05) is 36.4 Å². The summed E-state index contributed by atoms with van der Waals surface area (Å²) >= 11 is 0. The number of para-hydroxylation sites is 2. The third-order valence-corrected chi connectivity index (χ3v) is 4.58. The molecule has 2 aromatic rings. The number of rotatable bonds is 3. The Labute approximate surface area is 148 Å². The fraction of sp³-hybridized carbons (Fsp3) is 0.300. The van der Waals surface area contributed by atoms with E-state index in [9.17, 15) is 9.59 Å². The molecule has 0 aliphatic carbocycles. The van der Waals surface area contributed by atoms with Crippen molar-refractivity contribution in [3.8, 4) is 0 Å². The van der Waals surface area contributed by atoms with E-state index >= 15 is 0 Å². The first-order chi connectivity index (χ1) is 12.1. The number of aryl methyl sites for hydroxylation is 1. The Morgan fingerprint density at radius 2 is 1.56 bits per heavy atom. The number of hydrogen-bond acceptors (Lipinski definition) is 2. The van der Waals surface area contributed by atoms with Crippen LogP contribution in [0.15, 0.2) is 54.6 Å². The van der Waals surface area contributed by atoms with E-state index in [0.29, 0.717) is 25.9 Å². The van der Waals surface area contributed by atoms with Crippen molar-refractivity contribution in [3.63, 3.8) is 0 Å². The lowest BCUT2D eigenvalue weighted by atomic mass is 9.96. The summed E-state index contributed by atoms with van der Waals surface area (Å²) in [5.41, 5.74) is 2.69. The molecule has 0 radical (unpaired) electrons. The molecule has 1 aliphatic heterocycles. The van der Waals surface area contributed by atoms with E-state index in [1.807, 2.05) is 61.5 Å². The molecule has 3 rings (SSSR count). The van der Waals surface area contributed by atoms with Crippen LogP contribution in [-0.4, -0.2) is 29.9 Å². The molecule has 1 saturated heterocycles. The first-order valence-corrected chi connectivity index (χ1v) is 8.61. The summed E-state index contributed by atoms with van der Waals surface area (Å²) < 4.78 is 0. The topological polar surface area (TPSA) is 61.4 Å². The molecule has 1 aliphatic rings. The normalized spacial score (nSPS) is 14.8. The Hall–Kier alpha value is -2.82.